The van der Waals surface area contributed by atoms with Gasteiger partial charge in [0.1, 0.15) is 6.04 Å². The van der Waals surface area contributed by atoms with Gasteiger partial charge in [-0.05, 0) is 59.8 Å². The number of aromatic nitrogens is 4. The molecular formula is C19H18ClN5O3. The highest BCUT2D eigenvalue weighted by atomic mass is 35.5. The van der Waals surface area contributed by atoms with Gasteiger partial charge in [-0.3, -0.25) is 4.90 Å². The van der Waals surface area contributed by atoms with Crippen molar-refractivity contribution in [3.8, 4) is 22.9 Å². The molecule has 0 spiro atoms. The van der Waals surface area contributed by atoms with Crippen molar-refractivity contribution >= 4 is 11.6 Å². The Bertz CT molecular complexity index is 1040. The SMILES string of the molecule is COc1c2c(cc3c1C(c1nnnn1-c1ccc(Cl)cc1)N(C)CC3)OCO2. The van der Waals surface area contributed by atoms with Gasteiger partial charge in [-0.25, -0.2) is 0 Å². The molecule has 28 heavy (non-hydrogen) atoms. The van der Waals surface area contributed by atoms with E-state index in [1.807, 2.05) is 30.3 Å². The normalized spacial score (nSPS) is 18.2. The first-order chi connectivity index (χ1) is 13.7. The zero-order valence-corrected chi connectivity index (χ0v) is 16.2. The van der Waals surface area contributed by atoms with Crippen LogP contribution in [0.25, 0.3) is 5.69 Å². The van der Waals surface area contributed by atoms with E-state index in [2.05, 4.69) is 27.5 Å². The second-order valence-electron chi connectivity index (χ2n) is 6.77. The fraction of sp³-hybridized carbons (Fsp3) is 0.316. The smallest absolute Gasteiger partial charge is 0.231 e. The summed E-state index contributed by atoms with van der Waals surface area (Å²) in [6.07, 6.45) is 0.873. The number of rotatable bonds is 3. The van der Waals surface area contributed by atoms with E-state index < -0.39 is 0 Å². The number of ether oxygens (including phenoxy) is 3. The minimum Gasteiger partial charge on any atom is -0.492 e. The molecule has 0 amide bonds. The zero-order chi connectivity index (χ0) is 19.3. The van der Waals surface area contributed by atoms with Crippen LogP contribution in [0.3, 0.4) is 0 Å². The molecular weight excluding hydrogens is 382 g/mol. The van der Waals surface area contributed by atoms with Gasteiger partial charge in [-0.15, -0.1) is 5.10 Å². The lowest BCUT2D eigenvalue weighted by Crippen LogP contribution is -2.35. The molecule has 0 saturated heterocycles. The average molecular weight is 400 g/mol. The molecule has 9 heteroatoms. The Kier molecular flexibility index (Phi) is 4.10. The Morgan fingerprint density at radius 3 is 2.82 bits per heavy atom. The Morgan fingerprint density at radius 1 is 1.21 bits per heavy atom. The van der Waals surface area contributed by atoms with E-state index in [4.69, 9.17) is 25.8 Å². The quantitative estimate of drug-likeness (QED) is 0.670. The zero-order valence-electron chi connectivity index (χ0n) is 15.4. The van der Waals surface area contributed by atoms with E-state index in [1.54, 1.807) is 11.8 Å². The van der Waals surface area contributed by atoms with Crippen molar-refractivity contribution in [2.75, 3.05) is 27.5 Å². The van der Waals surface area contributed by atoms with Gasteiger partial charge in [0, 0.05) is 17.1 Å². The predicted molar refractivity (Wildman–Crippen MR) is 101 cm³/mol. The molecule has 0 fully saturated rings. The molecule has 144 valence electrons. The van der Waals surface area contributed by atoms with Gasteiger partial charge in [0.25, 0.3) is 0 Å². The third-order valence-electron chi connectivity index (χ3n) is 5.21. The van der Waals surface area contributed by atoms with E-state index in [0.717, 1.165) is 35.5 Å². The second-order valence-corrected chi connectivity index (χ2v) is 7.21. The summed E-state index contributed by atoms with van der Waals surface area (Å²) in [5.41, 5.74) is 2.99. The Morgan fingerprint density at radius 2 is 2.04 bits per heavy atom. The third-order valence-corrected chi connectivity index (χ3v) is 5.46. The largest absolute Gasteiger partial charge is 0.492 e. The van der Waals surface area contributed by atoms with Crippen LogP contribution in [0.2, 0.25) is 5.02 Å². The number of hydrogen-bond acceptors (Lipinski definition) is 7. The maximum atomic E-state index is 6.03. The summed E-state index contributed by atoms with van der Waals surface area (Å²) in [5, 5.41) is 13.2. The van der Waals surface area contributed by atoms with E-state index in [1.165, 1.54) is 0 Å². The maximum absolute atomic E-state index is 6.03. The molecule has 3 aromatic rings. The second kappa shape index (κ2) is 6.65. The number of tetrazole rings is 1. The molecule has 0 bridgehead atoms. The van der Waals surface area contributed by atoms with Crippen molar-refractivity contribution in [3.63, 3.8) is 0 Å². The summed E-state index contributed by atoms with van der Waals surface area (Å²) >= 11 is 6.03. The van der Waals surface area contributed by atoms with Crippen molar-refractivity contribution in [3.05, 3.63) is 52.3 Å². The van der Waals surface area contributed by atoms with E-state index in [-0.39, 0.29) is 12.8 Å². The first-order valence-corrected chi connectivity index (χ1v) is 9.29. The van der Waals surface area contributed by atoms with Crippen LogP contribution in [0, 0.1) is 0 Å². The monoisotopic (exact) mass is 399 g/mol. The fourth-order valence-corrected chi connectivity index (χ4v) is 4.02. The van der Waals surface area contributed by atoms with Gasteiger partial charge in [-0.1, -0.05) is 11.6 Å². The molecule has 2 aromatic carbocycles. The number of fused-ring (bicyclic) bond motifs is 2. The lowest BCUT2D eigenvalue weighted by Gasteiger charge is -2.34. The van der Waals surface area contributed by atoms with Gasteiger partial charge < -0.3 is 14.2 Å². The molecule has 0 aliphatic carbocycles. The lowest BCUT2D eigenvalue weighted by molar-refractivity contribution is 0.170. The Hall–Kier alpha value is -2.84. The minimum atomic E-state index is -0.195. The molecule has 0 N–H and O–H groups in total. The number of halogens is 1. The van der Waals surface area contributed by atoms with Gasteiger partial charge in [0.2, 0.25) is 12.5 Å². The van der Waals surface area contributed by atoms with E-state index in [0.29, 0.717) is 22.3 Å². The van der Waals surface area contributed by atoms with E-state index >= 15 is 0 Å². The molecule has 3 heterocycles. The minimum absolute atomic E-state index is 0.192. The topological polar surface area (TPSA) is 74.5 Å². The molecule has 1 unspecified atom stereocenters. The third kappa shape index (κ3) is 2.60. The number of hydrogen-bond donors (Lipinski definition) is 0. The van der Waals surface area contributed by atoms with Crippen LogP contribution in [0.15, 0.2) is 30.3 Å². The summed E-state index contributed by atoms with van der Waals surface area (Å²) in [6.45, 7) is 1.05. The van der Waals surface area contributed by atoms with Crippen molar-refractivity contribution in [1.29, 1.82) is 0 Å². The molecule has 1 aromatic heterocycles. The molecule has 1 atom stereocenters. The number of benzene rings is 2. The lowest BCUT2D eigenvalue weighted by atomic mass is 9.90. The Labute approximate surface area is 166 Å². The molecule has 0 saturated carbocycles. The van der Waals surface area contributed by atoms with Crippen LogP contribution < -0.4 is 14.2 Å². The van der Waals surface area contributed by atoms with Crippen LogP contribution >= 0.6 is 11.6 Å². The highest BCUT2D eigenvalue weighted by Gasteiger charge is 2.37. The van der Waals surface area contributed by atoms with Gasteiger partial charge in [-0.2, -0.15) is 4.68 Å². The van der Waals surface area contributed by atoms with Crippen LogP contribution in [0.4, 0.5) is 0 Å². The van der Waals surface area contributed by atoms with Crippen molar-refractivity contribution in [2.45, 2.75) is 12.5 Å². The van der Waals surface area contributed by atoms with Gasteiger partial charge >= 0.3 is 0 Å². The van der Waals surface area contributed by atoms with Crippen molar-refractivity contribution in [1.82, 2.24) is 25.1 Å². The molecule has 2 aliphatic heterocycles. The molecule has 2 aliphatic rings. The van der Waals surface area contributed by atoms with Gasteiger partial charge in [0.05, 0.1) is 12.8 Å². The molecule has 0 radical (unpaired) electrons. The summed E-state index contributed by atoms with van der Waals surface area (Å²) < 4.78 is 18.8. The van der Waals surface area contributed by atoms with Crippen molar-refractivity contribution in [2.24, 2.45) is 0 Å². The average Bonchev–Trinajstić information content (AvgIpc) is 3.36. The molecule has 8 nitrogen and oxygen atoms in total. The predicted octanol–water partition coefficient (Wildman–Crippen LogP) is 2.63. The highest BCUT2D eigenvalue weighted by molar-refractivity contribution is 6.30. The summed E-state index contributed by atoms with van der Waals surface area (Å²) in [5.74, 6) is 2.72. The number of nitrogens with zero attached hydrogens (tertiary/aromatic N) is 5. The first kappa shape index (κ1) is 17.3. The highest BCUT2D eigenvalue weighted by Crippen LogP contribution is 2.50. The number of likely N-dealkylation sites (N-methyl/N-ethyl adjacent to an activating group) is 1. The van der Waals surface area contributed by atoms with Crippen LogP contribution in [-0.2, 0) is 6.42 Å². The Balaban J connectivity index is 1.69. The molecule has 5 rings (SSSR count). The standard InChI is InChI=1S/C19H18ClN5O3/c1-24-8-7-11-9-14-17(28-10-27-14)18(26-2)15(11)16(24)19-21-22-23-25(19)13-5-3-12(20)4-6-13/h3-6,9,16H,7-8,10H2,1-2H3. The fourth-order valence-electron chi connectivity index (χ4n) is 3.89. The van der Waals surface area contributed by atoms with Gasteiger partial charge in [0.15, 0.2) is 17.3 Å². The van der Waals surface area contributed by atoms with E-state index in [9.17, 15) is 0 Å². The summed E-state index contributed by atoms with van der Waals surface area (Å²) in [7, 11) is 3.70. The van der Waals surface area contributed by atoms with Crippen LogP contribution in [0.5, 0.6) is 17.2 Å². The summed E-state index contributed by atoms with van der Waals surface area (Å²) in [6, 6.07) is 9.26. The van der Waals surface area contributed by atoms with Crippen molar-refractivity contribution < 1.29 is 14.2 Å². The number of methoxy groups -OCH3 is 1. The summed E-state index contributed by atoms with van der Waals surface area (Å²) in [4.78, 5) is 2.21. The van der Waals surface area contributed by atoms with Crippen LogP contribution in [0.1, 0.15) is 23.0 Å². The van der Waals surface area contributed by atoms with Crippen LogP contribution in [-0.4, -0.2) is 52.6 Å². The maximum Gasteiger partial charge on any atom is 0.231 e. The first-order valence-electron chi connectivity index (χ1n) is 8.91.